The van der Waals surface area contributed by atoms with E-state index in [4.69, 9.17) is 44.0 Å². The molecule has 188 valence electrons. The zero-order chi connectivity index (χ0) is 26.0. The standard InChI is InChI=1S/C27H26Cl3N3O3/c1-15(2)20-12-22(29)16(3)9-25(20)35-14-19-6-8-24(36-19)27(34)31-26-10-17(4)33(32-26)13-18-5-7-21(28)23(30)11-18/h5-12,15H,13-14H2,1-4H3,(H,31,32,34). The number of ether oxygens (including phenoxy) is 1. The van der Waals surface area contributed by atoms with Crippen molar-refractivity contribution in [3.63, 3.8) is 0 Å². The van der Waals surface area contributed by atoms with Gasteiger partial charge in [-0.3, -0.25) is 9.48 Å². The predicted molar refractivity (Wildman–Crippen MR) is 144 cm³/mol. The van der Waals surface area contributed by atoms with Crippen LogP contribution >= 0.6 is 34.8 Å². The minimum Gasteiger partial charge on any atom is -0.485 e. The number of halogens is 3. The SMILES string of the molecule is Cc1cc(OCc2ccc(C(=O)Nc3cc(C)n(Cc4ccc(Cl)c(Cl)c4)n3)o2)c(C(C)C)cc1Cl. The van der Waals surface area contributed by atoms with Crippen molar-refractivity contribution < 1.29 is 13.9 Å². The van der Waals surface area contributed by atoms with E-state index in [1.165, 1.54) is 0 Å². The summed E-state index contributed by atoms with van der Waals surface area (Å²) in [5.41, 5.74) is 3.77. The van der Waals surface area contributed by atoms with E-state index in [0.717, 1.165) is 28.1 Å². The molecule has 1 amide bonds. The smallest absolute Gasteiger partial charge is 0.292 e. The molecule has 0 bridgehead atoms. The third-order valence-electron chi connectivity index (χ3n) is 5.71. The summed E-state index contributed by atoms with van der Waals surface area (Å²) in [6.45, 7) is 8.68. The normalized spacial score (nSPS) is 11.2. The maximum absolute atomic E-state index is 12.7. The fourth-order valence-electron chi connectivity index (χ4n) is 3.69. The summed E-state index contributed by atoms with van der Waals surface area (Å²) in [4.78, 5) is 12.7. The van der Waals surface area contributed by atoms with Crippen molar-refractivity contribution >= 4 is 46.5 Å². The zero-order valence-corrected chi connectivity index (χ0v) is 22.6. The lowest BCUT2D eigenvalue weighted by atomic mass is 10.0. The summed E-state index contributed by atoms with van der Waals surface area (Å²) in [5.74, 6) is 1.72. The number of benzene rings is 2. The first kappa shape index (κ1) is 26.1. The highest BCUT2D eigenvalue weighted by atomic mass is 35.5. The van der Waals surface area contributed by atoms with Gasteiger partial charge < -0.3 is 14.5 Å². The summed E-state index contributed by atoms with van der Waals surface area (Å²) >= 11 is 18.4. The molecule has 0 aliphatic heterocycles. The second kappa shape index (κ2) is 11.0. The van der Waals surface area contributed by atoms with Gasteiger partial charge in [0.05, 0.1) is 16.6 Å². The third-order valence-corrected chi connectivity index (χ3v) is 6.85. The van der Waals surface area contributed by atoms with Crippen LogP contribution in [0.15, 0.2) is 52.9 Å². The summed E-state index contributed by atoms with van der Waals surface area (Å²) in [5, 5.41) is 8.95. The molecule has 0 aliphatic rings. The van der Waals surface area contributed by atoms with E-state index in [-0.39, 0.29) is 18.3 Å². The minimum atomic E-state index is -0.398. The Morgan fingerprint density at radius 1 is 1.03 bits per heavy atom. The van der Waals surface area contributed by atoms with Crippen molar-refractivity contribution in [3.8, 4) is 5.75 Å². The lowest BCUT2D eigenvalue weighted by molar-refractivity contribution is 0.0992. The average molecular weight is 547 g/mol. The van der Waals surface area contributed by atoms with Crippen molar-refractivity contribution in [1.82, 2.24) is 9.78 Å². The van der Waals surface area contributed by atoms with Crippen LogP contribution in [0, 0.1) is 13.8 Å². The van der Waals surface area contributed by atoms with E-state index in [1.54, 1.807) is 35.0 Å². The van der Waals surface area contributed by atoms with Crippen LogP contribution in [-0.2, 0) is 13.2 Å². The lowest BCUT2D eigenvalue weighted by Crippen LogP contribution is -2.12. The Labute approximate surface area is 225 Å². The van der Waals surface area contributed by atoms with Crippen molar-refractivity contribution in [1.29, 1.82) is 0 Å². The van der Waals surface area contributed by atoms with Gasteiger partial charge in [0.25, 0.3) is 5.91 Å². The fraction of sp³-hybridized carbons (Fsp3) is 0.259. The highest BCUT2D eigenvalue weighted by Gasteiger charge is 2.16. The molecule has 0 radical (unpaired) electrons. The molecule has 0 spiro atoms. The molecule has 0 atom stereocenters. The predicted octanol–water partition coefficient (Wildman–Crippen LogP) is 8.06. The van der Waals surface area contributed by atoms with Gasteiger partial charge >= 0.3 is 0 Å². The molecule has 4 rings (SSSR count). The van der Waals surface area contributed by atoms with Gasteiger partial charge in [-0.15, -0.1) is 0 Å². The number of aromatic nitrogens is 2. The topological polar surface area (TPSA) is 69.3 Å². The second-order valence-electron chi connectivity index (χ2n) is 8.88. The van der Waals surface area contributed by atoms with Crippen molar-refractivity contribution in [2.45, 2.75) is 46.8 Å². The molecule has 2 heterocycles. The summed E-state index contributed by atoms with van der Waals surface area (Å²) in [6, 6.07) is 14.4. The van der Waals surface area contributed by atoms with Crippen LogP contribution in [0.4, 0.5) is 5.82 Å². The van der Waals surface area contributed by atoms with Crippen LogP contribution < -0.4 is 10.1 Å². The molecule has 9 heteroatoms. The molecular weight excluding hydrogens is 521 g/mol. The molecular formula is C27H26Cl3N3O3. The van der Waals surface area contributed by atoms with Crippen molar-refractivity contribution in [2.24, 2.45) is 0 Å². The van der Waals surface area contributed by atoms with Gasteiger partial charge in [0.1, 0.15) is 18.1 Å². The van der Waals surface area contributed by atoms with Gasteiger partial charge in [0.2, 0.25) is 0 Å². The first-order valence-electron chi connectivity index (χ1n) is 11.4. The molecule has 4 aromatic rings. The van der Waals surface area contributed by atoms with Crippen LogP contribution in [0.2, 0.25) is 15.1 Å². The van der Waals surface area contributed by atoms with Crippen LogP contribution in [0.1, 0.15) is 58.5 Å². The number of hydrogen-bond acceptors (Lipinski definition) is 4. The van der Waals surface area contributed by atoms with Gasteiger partial charge in [0.15, 0.2) is 11.6 Å². The maximum Gasteiger partial charge on any atom is 0.292 e. The molecule has 0 saturated heterocycles. The highest BCUT2D eigenvalue weighted by molar-refractivity contribution is 6.42. The molecule has 0 unspecified atom stereocenters. The Balaban J connectivity index is 1.40. The Morgan fingerprint density at radius 2 is 1.81 bits per heavy atom. The van der Waals surface area contributed by atoms with Crippen LogP contribution in [0.3, 0.4) is 0 Å². The van der Waals surface area contributed by atoms with E-state index < -0.39 is 5.91 Å². The quantitative estimate of drug-likeness (QED) is 0.243. The first-order valence-corrected chi connectivity index (χ1v) is 12.6. The zero-order valence-electron chi connectivity index (χ0n) is 20.4. The number of aryl methyl sites for hydroxylation is 2. The van der Waals surface area contributed by atoms with Crippen LogP contribution in [0.5, 0.6) is 5.75 Å². The second-order valence-corrected chi connectivity index (χ2v) is 10.1. The molecule has 0 saturated carbocycles. The van der Waals surface area contributed by atoms with E-state index in [0.29, 0.717) is 33.2 Å². The monoisotopic (exact) mass is 545 g/mol. The number of hydrogen-bond donors (Lipinski definition) is 1. The number of anilines is 1. The Hall–Kier alpha value is -2.93. The average Bonchev–Trinajstić information content (AvgIpc) is 3.43. The molecule has 1 N–H and O–H groups in total. The molecule has 2 aromatic carbocycles. The molecule has 36 heavy (non-hydrogen) atoms. The van der Waals surface area contributed by atoms with Crippen molar-refractivity contribution in [2.75, 3.05) is 5.32 Å². The summed E-state index contributed by atoms with van der Waals surface area (Å²) < 4.78 is 13.5. The number of rotatable bonds is 8. The summed E-state index contributed by atoms with van der Waals surface area (Å²) in [7, 11) is 0. The molecule has 0 aliphatic carbocycles. The van der Waals surface area contributed by atoms with E-state index in [1.807, 2.05) is 32.0 Å². The Bertz CT molecular complexity index is 1410. The Kier molecular flexibility index (Phi) is 7.98. The highest BCUT2D eigenvalue weighted by Crippen LogP contribution is 2.32. The number of nitrogens with zero attached hydrogens (tertiary/aromatic N) is 2. The molecule has 0 fully saturated rings. The molecule has 6 nitrogen and oxygen atoms in total. The summed E-state index contributed by atoms with van der Waals surface area (Å²) in [6.07, 6.45) is 0. The number of carbonyl (C=O) groups excluding carboxylic acids is 1. The largest absolute Gasteiger partial charge is 0.485 e. The van der Waals surface area contributed by atoms with Gasteiger partial charge in [-0.25, -0.2) is 0 Å². The van der Waals surface area contributed by atoms with Crippen LogP contribution in [0.25, 0.3) is 0 Å². The number of nitrogens with one attached hydrogen (secondary N) is 1. The first-order chi connectivity index (χ1) is 17.1. The van der Waals surface area contributed by atoms with Crippen molar-refractivity contribution in [3.05, 3.63) is 97.5 Å². The van der Waals surface area contributed by atoms with Gasteiger partial charge in [-0.2, -0.15) is 5.10 Å². The van der Waals surface area contributed by atoms with Gasteiger partial charge in [-0.05, 0) is 72.9 Å². The fourth-order valence-corrected chi connectivity index (χ4v) is 4.19. The van der Waals surface area contributed by atoms with Gasteiger partial charge in [-0.1, -0.05) is 54.7 Å². The number of furan rings is 1. The number of amides is 1. The van der Waals surface area contributed by atoms with Gasteiger partial charge in [0, 0.05) is 16.8 Å². The maximum atomic E-state index is 12.7. The number of carbonyl (C=O) groups is 1. The van der Waals surface area contributed by atoms with E-state index in [2.05, 4.69) is 24.3 Å². The third kappa shape index (κ3) is 6.06. The van der Waals surface area contributed by atoms with E-state index in [9.17, 15) is 4.79 Å². The van der Waals surface area contributed by atoms with Crippen LogP contribution in [-0.4, -0.2) is 15.7 Å². The molecule has 2 aromatic heterocycles. The Morgan fingerprint density at radius 3 is 2.53 bits per heavy atom. The lowest BCUT2D eigenvalue weighted by Gasteiger charge is -2.15. The minimum absolute atomic E-state index is 0.168. The van der Waals surface area contributed by atoms with E-state index >= 15 is 0 Å².